The Kier molecular flexibility index (Phi) is 4.02. The predicted molar refractivity (Wildman–Crippen MR) is 117 cm³/mol. The van der Waals surface area contributed by atoms with Gasteiger partial charge in [0.05, 0.1) is 0 Å². The highest BCUT2D eigenvalue weighted by atomic mass is 16.3. The van der Waals surface area contributed by atoms with Crippen molar-refractivity contribution in [1.82, 2.24) is 0 Å². The minimum absolute atomic E-state index is 0.921. The van der Waals surface area contributed by atoms with Crippen LogP contribution in [0.5, 0.6) is 0 Å². The molecule has 1 aliphatic carbocycles. The van der Waals surface area contributed by atoms with Crippen LogP contribution in [0.1, 0.15) is 28.0 Å². The van der Waals surface area contributed by atoms with Crippen LogP contribution in [0, 0.1) is 13.8 Å². The van der Waals surface area contributed by atoms with Crippen LogP contribution in [-0.4, -0.2) is 0 Å². The molecule has 0 atom stereocenters. The molecule has 0 bridgehead atoms. The molecule has 0 amide bonds. The highest BCUT2D eigenvalue weighted by Gasteiger charge is 2.17. The molecule has 1 heterocycles. The zero-order valence-electron chi connectivity index (χ0n) is 16.2. The van der Waals surface area contributed by atoms with E-state index in [1.807, 2.05) is 13.0 Å². The Morgan fingerprint density at radius 2 is 1.57 bits per heavy atom. The van der Waals surface area contributed by atoms with Gasteiger partial charge in [-0.1, -0.05) is 72.3 Å². The number of hydrogen-bond donors (Lipinski definition) is 0. The molecule has 1 aliphatic rings. The Morgan fingerprint density at radius 3 is 2.36 bits per heavy atom. The molecule has 1 aromatic heterocycles. The number of fused-ring (bicyclic) bond motifs is 1. The Balaban J connectivity index is 1.63. The standard InChI is InChI=1S/C27H22O/c1-18-8-10-21-15-24(16-23(21)14-18)22-11-12-25(20-6-4-3-5-7-20)26(17-22)27-13-9-19(2)28-27/h3-14,16-17H,15H2,1-2H3. The van der Waals surface area contributed by atoms with Crippen molar-refractivity contribution in [1.29, 1.82) is 0 Å². The number of benzene rings is 3. The van der Waals surface area contributed by atoms with Gasteiger partial charge in [-0.3, -0.25) is 0 Å². The van der Waals surface area contributed by atoms with E-state index in [2.05, 4.69) is 85.8 Å². The minimum Gasteiger partial charge on any atom is -0.461 e. The molecule has 0 spiro atoms. The Hall–Kier alpha value is -3.32. The van der Waals surface area contributed by atoms with Crippen molar-refractivity contribution in [3.05, 3.63) is 107 Å². The third-order valence-electron chi connectivity index (χ3n) is 5.49. The van der Waals surface area contributed by atoms with Gasteiger partial charge in [-0.2, -0.15) is 0 Å². The number of furan rings is 1. The molecule has 0 saturated carbocycles. The minimum atomic E-state index is 0.921. The van der Waals surface area contributed by atoms with Gasteiger partial charge in [-0.15, -0.1) is 0 Å². The van der Waals surface area contributed by atoms with E-state index in [-0.39, 0.29) is 0 Å². The Morgan fingerprint density at radius 1 is 0.714 bits per heavy atom. The summed E-state index contributed by atoms with van der Waals surface area (Å²) in [6, 6.07) is 28.1. The highest BCUT2D eigenvalue weighted by molar-refractivity contribution is 5.92. The quantitative estimate of drug-likeness (QED) is 0.372. The van der Waals surface area contributed by atoms with Gasteiger partial charge in [-0.05, 0) is 71.9 Å². The second-order valence-corrected chi connectivity index (χ2v) is 7.59. The summed E-state index contributed by atoms with van der Waals surface area (Å²) in [7, 11) is 0. The van der Waals surface area contributed by atoms with Gasteiger partial charge in [0, 0.05) is 5.56 Å². The molecular formula is C27H22O. The third kappa shape index (κ3) is 2.99. The lowest BCUT2D eigenvalue weighted by Crippen LogP contribution is -1.90. The maximum absolute atomic E-state index is 6.01. The number of hydrogen-bond acceptors (Lipinski definition) is 1. The first-order valence-corrected chi connectivity index (χ1v) is 9.74. The van der Waals surface area contributed by atoms with Crippen molar-refractivity contribution in [2.24, 2.45) is 0 Å². The van der Waals surface area contributed by atoms with Crippen molar-refractivity contribution in [2.45, 2.75) is 20.3 Å². The largest absolute Gasteiger partial charge is 0.461 e. The van der Waals surface area contributed by atoms with Crippen molar-refractivity contribution in [3.8, 4) is 22.5 Å². The molecule has 0 saturated heterocycles. The predicted octanol–water partition coefficient (Wildman–Crippen LogP) is 7.33. The fourth-order valence-electron chi connectivity index (χ4n) is 4.04. The fourth-order valence-corrected chi connectivity index (χ4v) is 4.04. The number of rotatable bonds is 3. The van der Waals surface area contributed by atoms with Crippen LogP contribution in [0.4, 0.5) is 0 Å². The molecule has 28 heavy (non-hydrogen) atoms. The summed E-state index contributed by atoms with van der Waals surface area (Å²) in [5, 5.41) is 0. The second kappa shape index (κ2) is 6.69. The van der Waals surface area contributed by atoms with E-state index in [9.17, 15) is 0 Å². The van der Waals surface area contributed by atoms with E-state index in [1.54, 1.807) is 0 Å². The molecule has 4 aromatic rings. The summed E-state index contributed by atoms with van der Waals surface area (Å²) in [6.45, 7) is 4.14. The van der Waals surface area contributed by atoms with Crippen molar-refractivity contribution in [3.63, 3.8) is 0 Å². The molecule has 1 nitrogen and oxygen atoms in total. The van der Waals surface area contributed by atoms with Crippen LogP contribution < -0.4 is 0 Å². The average molecular weight is 362 g/mol. The monoisotopic (exact) mass is 362 g/mol. The summed E-state index contributed by atoms with van der Waals surface area (Å²) >= 11 is 0. The first kappa shape index (κ1) is 16.8. The van der Waals surface area contributed by atoms with Gasteiger partial charge in [0.2, 0.25) is 0 Å². The maximum Gasteiger partial charge on any atom is 0.134 e. The summed E-state index contributed by atoms with van der Waals surface area (Å²) in [6.07, 6.45) is 3.31. The second-order valence-electron chi connectivity index (χ2n) is 7.59. The van der Waals surface area contributed by atoms with Gasteiger partial charge in [0.15, 0.2) is 0 Å². The van der Waals surface area contributed by atoms with Gasteiger partial charge in [0.25, 0.3) is 0 Å². The molecule has 0 radical (unpaired) electrons. The van der Waals surface area contributed by atoms with Crippen LogP contribution >= 0.6 is 0 Å². The van der Waals surface area contributed by atoms with E-state index in [0.717, 1.165) is 23.5 Å². The maximum atomic E-state index is 6.01. The topological polar surface area (TPSA) is 13.1 Å². The van der Waals surface area contributed by atoms with Crippen LogP contribution in [0.3, 0.4) is 0 Å². The molecule has 0 N–H and O–H groups in total. The van der Waals surface area contributed by atoms with Gasteiger partial charge in [-0.25, -0.2) is 0 Å². The lowest BCUT2D eigenvalue weighted by Gasteiger charge is -2.12. The van der Waals surface area contributed by atoms with Crippen LogP contribution in [-0.2, 0) is 6.42 Å². The molecule has 3 aromatic carbocycles. The normalized spacial score (nSPS) is 12.7. The molecule has 136 valence electrons. The van der Waals surface area contributed by atoms with Crippen molar-refractivity contribution in [2.75, 3.05) is 0 Å². The SMILES string of the molecule is Cc1ccc2c(c1)C=C(c1ccc(-c3ccccc3)c(-c3ccc(C)o3)c1)C2. The Bertz CT molecular complexity index is 1190. The molecule has 0 unspecified atom stereocenters. The smallest absolute Gasteiger partial charge is 0.134 e. The molecule has 1 heteroatoms. The van der Waals surface area contributed by atoms with E-state index in [1.165, 1.54) is 39.0 Å². The third-order valence-corrected chi connectivity index (χ3v) is 5.49. The van der Waals surface area contributed by atoms with E-state index < -0.39 is 0 Å². The summed E-state index contributed by atoms with van der Waals surface area (Å²) in [5.41, 5.74) is 10.2. The van der Waals surface area contributed by atoms with Crippen LogP contribution in [0.25, 0.3) is 34.1 Å². The van der Waals surface area contributed by atoms with Gasteiger partial charge >= 0.3 is 0 Å². The van der Waals surface area contributed by atoms with Gasteiger partial charge in [0.1, 0.15) is 11.5 Å². The Labute approximate surface area is 166 Å². The molecular weight excluding hydrogens is 340 g/mol. The zero-order chi connectivity index (χ0) is 19.1. The van der Waals surface area contributed by atoms with E-state index in [0.29, 0.717) is 0 Å². The average Bonchev–Trinajstić information content (AvgIpc) is 3.34. The molecule has 0 fully saturated rings. The lowest BCUT2D eigenvalue weighted by molar-refractivity contribution is 0.548. The lowest BCUT2D eigenvalue weighted by atomic mass is 9.93. The highest BCUT2D eigenvalue weighted by Crippen LogP contribution is 2.38. The zero-order valence-corrected chi connectivity index (χ0v) is 16.2. The number of aryl methyl sites for hydroxylation is 2. The number of allylic oxidation sites excluding steroid dienone is 1. The summed E-state index contributed by atoms with van der Waals surface area (Å²) < 4.78 is 6.01. The van der Waals surface area contributed by atoms with Crippen molar-refractivity contribution < 1.29 is 4.42 Å². The molecule has 0 aliphatic heterocycles. The first-order valence-electron chi connectivity index (χ1n) is 9.74. The van der Waals surface area contributed by atoms with E-state index in [4.69, 9.17) is 4.42 Å². The van der Waals surface area contributed by atoms with Gasteiger partial charge < -0.3 is 4.42 Å². The summed E-state index contributed by atoms with van der Waals surface area (Å²) in [5.74, 6) is 1.85. The fraction of sp³-hybridized carbons (Fsp3) is 0.111. The first-order chi connectivity index (χ1) is 13.7. The van der Waals surface area contributed by atoms with Crippen molar-refractivity contribution >= 4 is 11.6 Å². The molecule has 5 rings (SSSR count). The van der Waals surface area contributed by atoms with Crippen LogP contribution in [0.15, 0.2) is 83.3 Å². The van der Waals surface area contributed by atoms with Crippen LogP contribution in [0.2, 0.25) is 0 Å². The summed E-state index contributed by atoms with van der Waals surface area (Å²) in [4.78, 5) is 0. The van der Waals surface area contributed by atoms with E-state index >= 15 is 0 Å².